The summed E-state index contributed by atoms with van der Waals surface area (Å²) in [5.41, 5.74) is -3.76. The fourth-order valence-electron chi connectivity index (χ4n) is 10.2. The van der Waals surface area contributed by atoms with Crippen molar-refractivity contribution >= 4 is 18.0 Å². The molecule has 0 aliphatic carbocycles. The van der Waals surface area contributed by atoms with Gasteiger partial charge in [0.15, 0.2) is 24.1 Å². The molecule has 0 bridgehead atoms. The highest BCUT2D eigenvalue weighted by Gasteiger charge is 2.53. The fraction of sp³-hybridized carbons (Fsp3) is 0.755. The maximum atomic E-state index is 14.4. The Bertz CT molecular complexity index is 1840. The first kappa shape index (κ1) is 53.8. The summed E-state index contributed by atoms with van der Waals surface area (Å²) in [5, 5.41) is 59.3. The summed E-state index contributed by atoms with van der Waals surface area (Å²) in [6.07, 6.45) is -3.44. The minimum absolute atomic E-state index is 0.0777. The average molecular weight is 935 g/mol. The Morgan fingerprint density at radius 2 is 1.64 bits per heavy atom. The number of methoxy groups -OCH3 is 1. The third-order valence-electron chi connectivity index (χ3n) is 14.4. The molecule has 4 aliphatic rings. The molecule has 18 atom stereocenters. The van der Waals surface area contributed by atoms with Crippen molar-refractivity contribution in [2.75, 3.05) is 34.5 Å². The molecule has 5 rings (SSSR count). The van der Waals surface area contributed by atoms with Crippen LogP contribution in [0, 0.1) is 17.8 Å². The van der Waals surface area contributed by atoms with Gasteiger partial charge in [0.25, 0.3) is 0 Å². The summed E-state index contributed by atoms with van der Waals surface area (Å²) in [4.78, 5) is 31.4. The van der Waals surface area contributed by atoms with Crippen molar-refractivity contribution in [3.8, 4) is 11.5 Å². The van der Waals surface area contributed by atoms with Gasteiger partial charge < -0.3 is 73.2 Å². The van der Waals surface area contributed by atoms with Crippen molar-refractivity contribution in [1.82, 2.24) is 9.80 Å². The molecule has 1 unspecified atom stereocenters. The fourth-order valence-corrected chi connectivity index (χ4v) is 10.2. The summed E-state index contributed by atoms with van der Waals surface area (Å²) in [5.74, 6) is -1.98. The second kappa shape index (κ2) is 22.0. The van der Waals surface area contributed by atoms with Crippen molar-refractivity contribution in [3.63, 3.8) is 0 Å². The number of rotatable bonds is 10. The van der Waals surface area contributed by atoms with Crippen LogP contribution in [0.15, 0.2) is 36.4 Å². The van der Waals surface area contributed by atoms with E-state index in [1.807, 2.05) is 50.1 Å². The zero-order chi connectivity index (χ0) is 49.1. The van der Waals surface area contributed by atoms with E-state index in [0.29, 0.717) is 18.0 Å². The number of amides is 1. The molecule has 0 spiro atoms. The summed E-state index contributed by atoms with van der Waals surface area (Å²) >= 11 is 0. The van der Waals surface area contributed by atoms with Crippen LogP contribution < -0.4 is 9.47 Å². The lowest BCUT2D eigenvalue weighted by Gasteiger charge is -2.49. The van der Waals surface area contributed by atoms with Crippen LogP contribution in [0.3, 0.4) is 0 Å². The Balaban J connectivity index is 1.48. The molecule has 1 aromatic rings. The number of aliphatic hydroxyl groups is 5. The molecule has 374 valence electrons. The molecule has 4 aliphatic heterocycles. The number of benzene rings is 1. The molecule has 1 aromatic carbocycles. The van der Waals surface area contributed by atoms with Gasteiger partial charge in [0.2, 0.25) is 12.7 Å². The number of nitrogens with zero attached hydrogens (tertiary/aromatic N) is 2. The minimum Gasteiger partial charge on any atom is -0.459 e. The lowest BCUT2D eigenvalue weighted by atomic mass is 9.77. The molecule has 17 nitrogen and oxygen atoms in total. The van der Waals surface area contributed by atoms with Crippen LogP contribution in [0.25, 0.3) is 6.08 Å². The third kappa shape index (κ3) is 12.1. The lowest BCUT2D eigenvalue weighted by molar-refractivity contribution is -0.317. The van der Waals surface area contributed by atoms with Gasteiger partial charge in [-0.3, -0.25) is 9.59 Å². The van der Waals surface area contributed by atoms with E-state index in [9.17, 15) is 35.1 Å². The molecule has 0 radical (unpaired) electrons. The molecule has 0 aromatic heterocycles. The number of aliphatic hydroxyl groups excluding tert-OH is 3. The molecule has 1 amide bonds. The van der Waals surface area contributed by atoms with Gasteiger partial charge in [-0.05, 0) is 98.4 Å². The zero-order valence-corrected chi connectivity index (χ0v) is 41.2. The van der Waals surface area contributed by atoms with Gasteiger partial charge in [-0.25, -0.2) is 0 Å². The first-order valence-electron chi connectivity index (χ1n) is 23.4. The van der Waals surface area contributed by atoms with Crippen molar-refractivity contribution in [3.05, 3.63) is 42.0 Å². The number of hydrogen-bond donors (Lipinski definition) is 5. The Kier molecular flexibility index (Phi) is 18.0. The monoisotopic (exact) mass is 935 g/mol. The van der Waals surface area contributed by atoms with Crippen LogP contribution in [-0.2, 0) is 38.0 Å². The maximum Gasteiger partial charge on any atom is 0.311 e. The van der Waals surface area contributed by atoms with Crippen LogP contribution in [-0.4, -0.2) is 172 Å². The number of cyclic esters (lactones) is 1. The summed E-state index contributed by atoms with van der Waals surface area (Å²) in [6.45, 7) is 17.8. The second-order valence-electron chi connectivity index (χ2n) is 20.0. The van der Waals surface area contributed by atoms with Crippen molar-refractivity contribution in [2.45, 2.75) is 185 Å². The van der Waals surface area contributed by atoms with Crippen LogP contribution in [0.5, 0.6) is 11.5 Å². The first-order chi connectivity index (χ1) is 30.8. The molecule has 0 saturated carbocycles. The SMILES string of the molecule is CC[C@@H]1OC(=O)[C@@H](C)[C@H](O[C@H]2C[C@@](C)(OC)[C@@H](O)[C@H](C)O2)[C@@H](C)[C@H](O[C@H]2O[C@@H](C)C[C@@H](N(C)C(=O)/C=C/C=C/c3ccc4c(c3)OCO4)[C@@H]2O)C(C)(O)C[C@H](C)CN(C)[C@@H](C)[C@H](O)[C@@]1(C)O. The topological polar surface area (TPSA) is 216 Å². The highest BCUT2D eigenvalue weighted by molar-refractivity contribution is 5.88. The van der Waals surface area contributed by atoms with E-state index in [1.165, 1.54) is 25.0 Å². The van der Waals surface area contributed by atoms with Gasteiger partial charge in [-0.2, -0.15) is 0 Å². The van der Waals surface area contributed by atoms with Gasteiger partial charge in [-0.15, -0.1) is 0 Å². The quantitative estimate of drug-likeness (QED) is 0.128. The molecule has 66 heavy (non-hydrogen) atoms. The Morgan fingerprint density at radius 3 is 2.30 bits per heavy atom. The molecule has 17 heteroatoms. The van der Waals surface area contributed by atoms with E-state index >= 15 is 0 Å². The standard InChI is InChI=1S/C49H78N2O15/c1-14-37-49(10,58)42(54)31(6)50(11)25-27(2)23-47(8,57)44(29(4)41(30(5)45(56)64-37)65-39-24-48(9,59-13)43(55)32(7)63-39)66-46-40(53)34(21-28(3)62-46)51(12)38(52)18-16-15-17-33-19-20-35-36(22-33)61-26-60-35/h15-20,22,27-32,34,37,39-44,46,53-55,57-58H,14,21,23-26H2,1-13H3/b17-15+,18-16+/t27-,28-,29+,30-,31-,32-,34+,37-,39-,40-,41+,42-,43-,44-,46+,47?,48+,49-/m0/s1. The van der Waals surface area contributed by atoms with Crippen molar-refractivity contribution < 1.29 is 73.0 Å². The molecular formula is C49H78N2O15. The molecule has 4 heterocycles. The molecular weight excluding hydrogens is 857 g/mol. The van der Waals surface area contributed by atoms with E-state index in [1.54, 1.807) is 67.7 Å². The number of fused-ring (bicyclic) bond motifs is 1. The second-order valence-corrected chi connectivity index (χ2v) is 20.0. The lowest BCUT2D eigenvalue weighted by Crippen LogP contribution is -2.61. The van der Waals surface area contributed by atoms with Gasteiger partial charge in [0.05, 0.1) is 47.6 Å². The molecule has 5 N–H and O–H groups in total. The predicted octanol–water partition coefficient (Wildman–Crippen LogP) is 3.80. The van der Waals surface area contributed by atoms with E-state index in [4.69, 9.17) is 37.9 Å². The third-order valence-corrected chi connectivity index (χ3v) is 14.4. The summed E-state index contributed by atoms with van der Waals surface area (Å²) < 4.78 is 48.8. The largest absolute Gasteiger partial charge is 0.459 e. The Hall–Kier alpha value is -3.20. The number of hydrogen-bond acceptors (Lipinski definition) is 16. The predicted molar refractivity (Wildman–Crippen MR) is 244 cm³/mol. The first-order valence-corrected chi connectivity index (χ1v) is 23.4. The normalized spacial score (nSPS) is 42.2. The van der Waals surface area contributed by atoms with Crippen molar-refractivity contribution in [2.24, 2.45) is 17.8 Å². The number of ether oxygens (including phenoxy) is 8. The van der Waals surface area contributed by atoms with Gasteiger partial charge in [0, 0.05) is 45.2 Å². The summed E-state index contributed by atoms with van der Waals surface area (Å²) in [7, 11) is 4.90. The van der Waals surface area contributed by atoms with E-state index < -0.39 is 108 Å². The number of allylic oxidation sites excluding steroid dienone is 2. The van der Waals surface area contributed by atoms with Crippen LogP contribution in [0.1, 0.15) is 100 Å². The van der Waals surface area contributed by atoms with Gasteiger partial charge in [0.1, 0.15) is 30.0 Å². The van der Waals surface area contributed by atoms with Gasteiger partial charge >= 0.3 is 5.97 Å². The Labute approximate surface area is 390 Å². The van der Waals surface area contributed by atoms with Crippen LogP contribution in [0.2, 0.25) is 0 Å². The molecule has 3 fully saturated rings. The number of esters is 1. The molecule has 3 saturated heterocycles. The zero-order valence-electron chi connectivity index (χ0n) is 41.2. The van der Waals surface area contributed by atoms with Crippen LogP contribution in [0.4, 0.5) is 0 Å². The van der Waals surface area contributed by atoms with E-state index in [-0.39, 0.29) is 44.3 Å². The highest BCUT2D eigenvalue weighted by Crippen LogP contribution is 2.40. The Morgan fingerprint density at radius 1 is 0.955 bits per heavy atom. The van der Waals surface area contributed by atoms with Crippen LogP contribution >= 0.6 is 0 Å². The average Bonchev–Trinajstić information content (AvgIpc) is 3.74. The maximum absolute atomic E-state index is 14.4. The highest BCUT2D eigenvalue weighted by atomic mass is 16.7. The van der Waals surface area contributed by atoms with E-state index in [2.05, 4.69) is 0 Å². The minimum atomic E-state index is -1.85. The smallest absolute Gasteiger partial charge is 0.311 e. The number of likely N-dealkylation sites (N-methyl/N-ethyl adjacent to an activating group) is 2. The van der Waals surface area contributed by atoms with Crippen molar-refractivity contribution in [1.29, 1.82) is 0 Å². The van der Waals surface area contributed by atoms with E-state index in [0.717, 1.165) is 5.56 Å². The number of carbonyl (C=O) groups excluding carboxylic acids is 2. The number of carbonyl (C=O) groups is 2. The summed E-state index contributed by atoms with van der Waals surface area (Å²) in [6, 6.07) is 4.19. The van der Waals surface area contributed by atoms with Gasteiger partial charge in [-0.1, -0.05) is 45.1 Å².